The summed E-state index contributed by atoms with van der Waals surface area (Å²) >= 11 is 0. The maximum atomic E-state index is 9.90. The van der Waals surface area contributed by atoms with E-state index in [0.29, 0.717) is 13.0 Å². The molecule has 0 saturated carbocycles. The molecule has 1 aliphatic heterocycles. The Morgan fingerprint density at radius 1 is 1.88 bits per heavy atom. The normalized spacial score (nSPS) is 28.2. The third-order valence-corrected chi connectivity index (χ3v) is 1.06. The Hall–Kier alpha value is -0.640. The predicted molar refractivity (Wildman–Crippen MR) is 25.7 cm³/mol. The third-order valence-electron chi connectivity index (χ3n) is 1.06. The van der Waals surface area contributed by atoms with E-state index >= 15 is 0 Å². The van der Waals surface area contributed by atoms with Gasteiger partial charge in [-0.3, -0.25) is 10.1 Å². The molecule has 1 radical (unpaired) electrons. The first kappa shape index (κ1) is 5.50. The zero-order valence-corrected chi connectivity index (χ0v) is 4.24. The Balaban J connectivity index is 2.35. The molecule has 4 heteroatoms. The molecule has 8 heavy (non-hydrogen) atoms. The smallest absolute Gasteiger partial charge is 0.243 e. The van der Waals surface area contributed by atoms with Gasteiger partial charge in [-0.25, -0.2) is 0 Å². The van der Waals surface area contributed by atoms with E-state index < -0.39 is 6.04 Å². The summed E-state index contributed by atoms with van der Waals surface area (Å²) in [7, 11) is 0. The highest BCUT2D eigenvalue weighted by Gasteiger charge is 2.25. The molecule has 4 nitrogen and oxygen atoms in total. The van der Waals surface area contributed by atoms with Gasteiger partial charge in [0.25, 0.3) is 0 Å². The summed E-state index contributed by atoms with van der Waals surface area (Å²) in [5.41, 5.74) is 0. The lowest BCUT2D eigenvalue weighted by Crippen LogP contribution is -2.14. The summed E-state index contributed by atoms with van der Waals surface area (Å²) in [5.74, 6) is 0. The van der Waals surface area contributed by atoms with E-state index in [1.54, 1.807) is 0 Å². The van der Waals surface area contributed by atoms with Crippen molar-refractivity contribution in [1.82, 2.24) is 0 Å². The standard InChI is InChI=1S/C4H6NO3/c6-5(7)4-1-2-8-3-4/h3-4H,1-2H2. The maximum absolute atomic E-state index is 9.90. The van der Waals surface area contributed by atoms with Crippen LogP contribution in [0.4, 0.5) is 0 Å². The van der Waals surface area contributed by atoms with Crippen LogP contribution < -0.4 is 0 Å². The van der Waals surface area contributed by atoms with Gasteiger partial charge in [0.15, 0.2) is 6.61 Å². The van der Waals surface area contributed by atoms with Crippen molar-refractivity contribution in [3.8, 4) is 0 Å². The number of nitro groups is 1. The van der Waals surface area contributed by atoms with E-state index in [1.807, 2.05) is 0 Å². The van der Waals surface area contributed by atoms with Crippen LogP contribution >= 0.6 is 0 Å². The number of ether oxygens (including phenoxy) is 1. The van der Waals surface area contributed by atoms with Crippen LogP contribution in [0.15, 0.2) is 0 Å². The molecule has 0 aromatic heterocycles. The van der Waals surface area contributed by atoms with Gasteiger partial charge >= 0.3 is 0 Å². The van der Waals surface area contributed by atoms with Crippen LogP contribution in [-0.4, -0.2) is 17.6 Å². The summed E-state index contributed by atoms with van der Waals surface area (Å²) in [5, 5.41) is 9.90. The van der Waals surface area contributed by atoms with Gasteiger partial charge in [0.1, 0.15) is 0 Å². The van der Waals surface area contributed by atoms with Crippen molar-refractivity contribution >= 4 is 0 Å². The second-order valence-corrected chi connectivity index (χ2v) is 1.65. The lowest BCUT2D eigenvalue weighted by atomic mass is 10.3. The zero-order valence-electron chi connectivity index (χ0n) is 4.24. The minimum absolute atomic E-state index is 0.340. The number of hydrogen-bond acceptors (Lipinski definition) is 3. The first-order valence-corrected chi connectivity index (χ1v) is 2.39. The average molecular weight is 116 g/mol. The van der Waals surface area contributed by atoms with Crippen LogP contribution in [0, 0.1) is 16.7 Å². The summed E-state index contributed by atoms with van der Waals surface area (Å²) in [4.78, 5) is 9.56. The first-order chi connectivity index (χ1) is 3.80. The molecule has 1 fully saturated rings. The fourth-order valence-corrected chi connectivity index (χ4v) is 0.591. The summed E-state index contributed by atoms with van der Waals surface area (Å²) in [6.07, 6.45) is 0.521. The second-order valence-electron chi connectivity index (χ2n) is 1.65. The minimum Gasteiger partial charge on any atom is -0.368 e. The van der Waals surface area contributed by atoms with Crippen LogP contribution in [0.2, 0.25) is 0 Å². The molecule has 1 atom stereocenters. The predicted octanol–water partition coefficient (Wildman–Crippen LogP) is 0.214. The van der Waals surface area contributed by atoms with E-state index in [9.17, 15) is 10.1 Å². The minimum atomic E-state index is -0.560. The van der Waals surface area contributed by atoms with Crippen molar-refractivity contribution in [3.63, 3.8) is 0 Å². The van der Waals surface area contributed by atoms with Gasteiger partial charge in [0, 0.05) is 11.3 Å². The Bertz CT molecular complexity index is 97.5. The maximum Gasteiger partial charge on any atom is 0.243 e. The summed E-state index contributed by atoms with van der Waals surface area (Å²) in [6.45, 7) is 1.77. The number of rotatable bonds is 1. The molecule has 1 saturated heterocycles. The molecule has 1 heterocycles. The van der Waals surface area contributed by atoms with Crippen LogP contribution in [0.3, 0.4) is 0 Å². The van der Waals surface area contributed by atoms with Gasteiger partial charge < -0.3 is 4.74 Å². The van der Waals surface area contributed by atoms with Crippen molar-refractivity contribution in [2.24, 2.45) is 0 Å². The van der Waals surface area contributed by atoms with Crippen LogP contribution in [0.5, 0.6) is 0 Å². The molecule has 1 rings (SSSR count). The molecule has 0 spiro atoms. The Morgan fingerprint density at radius 3 is 2.88 bits per heavy atom. The van der Waals surface area contributed by atoms with Gasteiger partial charge in [0.2, 0.25) is 6.04 Å². The largest absolute Gasteiger partial charge is 0.368 e. The van der Waals surface area contributed by atoms with Gasteiger partial charge in [-0.15, -0.1) is 0 Å². The molecule has 0 N–H and O–H groups in total. The van der Waals surface area contributed by atoms with Crippen molar-refractivity contribution in [1.29, 1.82) is 0 Å². The summed E-state index contributed by atoms with van der Waals surface area (Å²) in [6, 6.07) is -0.560. The molecule has 0 bridgehead atoms. The van der Waals surface area contributed by atoms with Crippen LogP contribution in [0.1, 0.15) is 6.42 Å². The monoisotopic (exact) mass is 116 g/mol. The first-order valence-electron chi connectivity index (χ1n) is 2.39. The fourth-order valence-electron chi connectivity index (χ4n) is 0.591. The van der Waals surface area contributed by atoms with E-state index in [2.05, 4.69) is 4.74 Å². The van der Waals surface area contributed by atoms with E-state index in [4.69, 9.17) is 0 Å². The molecule has 0 aromatic rings. The van der Waals surface area contributed by atoms with Gasteiger partial charge in [0.05, 0.1) is 6.61 Å². The van der Waals surface area contributed by atoms with Crippen LogP contribution in [0.25, 0.3) is 0 Å². The van der Waals surface area contributed by atoms with Crippen molar-refractivity contribution < 1.29 is 9.66 Å². The highest BCUT2D eigenvalue weighted by atomic mass is 16.6. The average Bonchev–Trinajstić information content (AvgIpc) is 2.12. The summed E-state index contributed by atoms with van der Waals surface area (Å²) < 4.78 is 4.65. The quantitative estimate of drug-likeness (QED) is 0.363. The van der Waals surface area contributed by atoms with Crippen molar-refractivity contribution in [3.05, 3.63) is 16.7 Å². The second kappa shape index (κ2) is 2.09. The van der Waals surface area contributed by atoms with Gasteiger partial charge in [-0.1, -0.05) is 0 Å². The Labute approximate surface area is 46.6 Å². The molecule has 0 aromatic carbocycles. The fraction of sp³-hybridized carbons (Fsp3) is 0.750. The number of hydrogen-bond donors (Lipinski definition) is 0. The molecular weight excluding hydrogens is 110 g/mol. The topological polar surface area (TPSA) is 52.4 Å². The molecule has 0 aliphatic carbocycles. The SMILES string of the molecule is O=[N+]([O-])C1[CH]OCC1. The highest BCUT2D eigenvalue weighted by molar-refractivity contribution is 4.72. The third kappa shape index (κ3) is 0.949. The van der Waals surface area contributed by atoms with Gasteiger partial charge in [-0.05, 0) is 0 Å². The number of nitrogens with zero attached hydrogens (tertiary/aromatic N) is 1. The Morgan fingerprint density at radius 2 is 2.62 bits per heavy atom. The lowest BCUT2D eigenvalue weighted by molar-refractivity contribution is -0.512. The molecule has 1 unspecified atom stereocenters. The zero-order chi connectivity index (χ0) is 5.98. The van der Waals surface area contributed by atoms with Crippen molar-refractivity contribution in [2.75, 3.05) is 6.61 Å². The highest BCUT2D eigenvalue weighted by Crippen LogP contribution is 2.10. The van der Waals surface area contributed by atoms with E-state index in [1.165, 1.54) is 6.61 Å². The molecular formula is C4H6NO3. The van der Waals surface area contributed by atoms with E-state index in [-0.39, 0.29) is 4.92 Å². The van der Waals surface area contributed by atoms with Crippen molar-refractivity contribution in [2.45, 2.75) is 12.5 Å². The molecule has 0 amide bonds. The molecule has 45 valence electrons. The molecule has 1 aliphatic rings. The Kier molecular flexibility index (Phi) is 1.43. The van der Waals surface area contributed by atoms with Crippen LogP contribution in [-0.2, 0) is 4.74 Å². The lowest BCUT2D eigenvalue weighted by Gasteiger charge is -1.92. The van der Waals surface area contributed by atoms with Gasteiger partial charge in [-0.2, -0.15) is 0 Å². The van der Waals surface area contributed by atoms with E-state index in [0.717, 1.165) is 0 Å².